The summed E-state index contributed by atoms with van der Waals surface area (Å²) in [5.74, 6) is 4.68. The summed E-state index contributed by atoms with van der Waals surface area (Å²) in [6, 6.07) is 23.5. The van der Waals surface area contributed by atoms with Gasteiger partial charge in [0.15, 0.2) is 0 Å². The molecule has 0 saturated carbocycles. The molecule has 0 radical (unpaired) electrons. The number of halogens is 2. The van der Waals surface area contributed by atoms with Gasteiger partial charge in [-0.05, 0) is 110 Å². The van der Waals surface area contributed by atoms with E-state index in [4.69, 9.17) is 9.47 Å². The van der Waals surface area contributed by atoms with Crippen molar-refractivity contribution in [2.45, 2.75) is 77.3 Å². The van der Waals surface area contributed by atoms with E-state index in [1.807, 2.05) is 86.4 Å². The van der Waals surface area contributed by atoms with Gasteiger partial charge in [0.05, 0.1) is 12.1 Å². The Bertz CT molecular complexity index is 1600. The van der Waals surface area contributed by atoms with Crippen LogP contribution in [0.1, 0.15) is 97.1 Å². The molecule has 10 nitrogen and oxygen atoms in total. The molecule has 0 aliphatic heterocycles. The number of nitrogens with zero attached hydrogens (tertiary/aromatic N) is 4. The average Bonchev–Trinajstić information content (AvgIpc) is 3.20. The molecule has 2 unspecified atom stereocenters. The van der Waals surface area contributed by atoms with Gasteiger partial charge in [0.25, 0.3) is 0 Å². The van der Waals surface area contributed by atoms with Gasteiger partial charge in [-0.1, -0.05) is 107 Å². The first-order chi connectivity index (χ1) is 27.1. The van der Waals surface area contributed by atoms with Gasteiger partial charge >= 0.3 is 12.2 Å². The van der Waals surface area contributed by atoms with E-state index in [0.29, 0.717) is 11.5 Å². The largest absolute Gasteiger partial charge is 0.414 e. The first-order valence-electron chi connectivity index (χ1n) is 19.2. The molecule has 2 atom stereocenters. The molecule has 0 fully saturated rings. The van der Waals surface area contributed by atoms with Gasteiger partial charge in [-0.25, -0.2) is 9.59 Å². The number of aryl methyl sites for hydroxylation is 2. The molecule has 56 heavy (non-hydrogen) atoms. The number of alkyl halides is 2. The number of amides is 2. The highest BCUT2D eigenvalue weighted by Crippen LogP contribution is 2.29. The number of hydrogen-bond donors (Lipinski definition) is 2. The van der Waals surface area contributed by atoms with E-state index in [9.17, 15) is 9.59 Å². The Morgan fingerprint density at radius 3 is 1.27 bits per heavy atom. The molecule has 4 rings (SSSR count). The minimum Gasteiger partial charge on any atom is -0.410 e. The van der Waals surface area contributed by atoms with Crippen molar-refractivity contribution in [1.82, 2.24) is 30.4 Å². The summed E-state index contributed by atoms with van der Waals surface area (Å²) in [5.41, 5.74) is 6.27. The van der Waals surface area contributed by atoms with Crippen molar-refractivity contribution in [2.75, 3.05) is 52.9 Å². The topological polar surface area (TPSA) is 109 Å². The zero-order chi connectivity index (χ0) is 41.3. The number of ether oxygens (including phenoxy) is 2. The Morgan fingerprint density at radius 2 is 0.929 bits per heavy atom. The Balaban J connectivity index is 0.00000262. The molecule has 0 aliphatic rings. The lowest BCUT2D eigenvalue weighted by Crippen LogP contribution is -2.26. The Morgan fingerprint density at radius 1 is 0.571 bits per heavy atom. The van der Waals surface area contributed by atoms with Gasteiger partial charge in [-0.15, -0.1) is 0 Å². The monoisotopic (exact) mass is 896 g/mol. The fourth-order valence-corrected chi connectivity index (χ4v) is 6.12. The molecule has 0 aliphatic carbocycles. The molecule has 306 valence electrons. The number of nitrogens with one attached hydrogen (secondary N) is 2. The van der Waals surface area contributed by atoms with Crippen LogP contribution < -0.4 is 20.1 Å². The third kappa shape index (κ3) is 16.7. The fraction of sp³-hybridized carbons (Fsp3) is 0.455. The van der Waals surface area contributed by atoms with Crippen LogP contribution in [0.25, 0.3) is 0 Å². The summed E-state index contributed by atoms with van der Waals surface area (Å²) in [4.78, 5) is 36.2. The fourth-order valence-electron chi connectivity index (χ4n) is 6.12. The predicted octanol–water partition coefficient (Wildman–Crippen LogP) is 10.4. The minimum absolute atomic E-state index is 0.0495. The third-order valence-corrected chi connectivity index (χ3v) is 9.04. The van der Waals surface area contributed by atoms with E-state index in [2.05, 4.69) is 76.7 Å². The van der Waals surface area contributed by atoms with Gasteiger partial charge in [-0.3, -0.25) is 9.97 Å². The highest BCUT2D eigenvalue weighted by molar-refractivity contribution is 9.09. The summed E-state index contributed by atoms with van der Waals surface area (Å²) < 4.78 is 11.1. The second kappa shape index (κ2) is 27.7. The summed E-state index contributed by atoms with van der Waals surface area (Å²) >= 11 is 5.88. The van der Waals surface area contributed by atoms with Crippen molar-refractivity contribution < 1.29 is 19.1 Å². The highest BCUT2D eigenvalue weighted by atomic mass is 79.9. The van der Waals surface area contributed by atoms with Crippen molar-refractivity contribution >= 4 is 44.0 Å². The Hall–Kier alpha value is -3.84. The van der Waals surface area contributed by atoms with E-state index in [-0.39, 0.29) is 12.1 Å². The smallest absolute Gasteiger partial charge is 0.410 e. The van der Waals surface area contributed by atoms with Gasteiger partial charge < -0.3 is 29.9 Å². The number of unbranched alkanes of at least 4 members (excludes halogenated alkanes) is 7. The summed E-state index contributed by atoms with van der Waals surface area (Å²) in [6.45, 7) is 5.82. The molecule has 0 spiro atoms. The van der Waals surface area contributed by atoms with Crippen molar-refractivity contribution in [3.63, 3.8) is 0 Å². The predicted molar refractivity (Wildman–Crippen MR) is 237 cm³/mol. The normalized spacial score (nSPS) is 11.5. The standard InChI is InChI=1S/C42H56N6O4.2CH3Br/c1-31-37(23-17-27-43-31)39(33-19-15-21-35(29-33)51-41(49)47(3)4)45-25-13-11-9-7-8-10-12-14-26-46-40(38-24-18-28-44-32(38)2)34-20-16-22-36(30-34)52-42(50)48(5)6;2*1-2/h15-24,27-30,39-40,45-46H,7-14,25-26H2,1-6H3;2*1H3. The van der Waals surface area contributed by atoms with Gasteiger partial charge in [0, 0.05) is 52.0 Å². The van der Waals surface area contributed by atoms with Crippen LogP contribution in [0.2, 0.25) is 0 Å². The van der Waals surface area contributed by atoms with Crippen LogP contribution in [0.3, 0.4) is 0 Å². The Kier molecular flexibility index (Phi) is 23.9. The quantitative estimate of drug-likeness (QED) is 0.0708. The maximum Gasteiger partial charge on any atom is 0.414 e. The van der Waals surface area contributed by atoms with Crippen LogP contribution in [-0.4, -0.2) is 84.9 Å². The van der Waals surface area contributed by atoms with E-state index in [1.54, 1.807) is 28.2 Å². The molecular weight excluding hydrogens is 836 g/mol. The van der Waals surface area contributed by atoms with Crippen molar-refractivity contribution in [3.8, 4) is 11.5 Å². The summed E-state index contributed by atoms with van der Waals surface area (Å²) in [7, 11) is 6.69. The molecule has 2 aromatic heterocycles. The number of hydrogen-bond acceptors (Lipinski definition) is 8. The average molecular weight is 899 g/mol. The number of rotatable bonds is 19. The maximum absolute atomic E-state index is 12.1. The molecule has 2 amide bonds. The summed E-state index contributed by atoms with van der Waals surface area (Å²) in [5, 5.41) is 7.50. The number of benzene rings is 2. The van der Waals surface area contributed by atoms with E-state index < -0.39 is 12.2 Å². The van der Waals surface area contributed by atoms with Crippen molar-refractivity contribution in [3.05, 3.63) is 119 Å². The van der Waals surface area contributed by atoms with Crippen LogP contribution in [0.5, 0.6) is 11.5 Å². The lowest BCUT2D eigenvalue weighted by molar-refractivity contribution is 0.171. The number of carbonyl (C=O) groups excluding carboxylic acids is 2. The lowest BCUT2D eigenvalue weighted by atomic mass is 9.97. The Labute approximate surface area is 352 Å². The van der Waals surface area contributed by atoms with Crippen LogP contribution in [0.15, 0.2) is 85.2 Å². The SMILES string of the molecule is CBr.CBr.Cc1ncccc1C(NCCCCCCCCCCNC(c1cccc(OC(=O)N(C)C)c1)c1cccnc1C)c1cccc(OC(=O)N(C)C)c1. The van der Waals surface area contributed by atoms with Crippen LogP contribution >= 0.6 is 31.9 Å². The zero-order valence-corrected chi connectivity index (χ0v) is 37.7. The molecule has 0 saturated heterocycles. The highest BCUT2D eigenvalue weighted by Gasteiger charge is 2.19. The maximum atomic E-state index is 12.1. The number of carbonyl (C=O) groups is 2. The number of aromatic nitrogens is 2. The molecule has 2 aromatic carbocycles. The van der Waals surface area contributed by atoms with Crippen LogP contribution in [0.4, 0.5) is 9.59 Å². The van der Waals surface area contributed by atoms with E-state index in [1.165, 1.54) is 48.3 Å². The van der Waals surface area contributed by atoms with Crippen molar-refractivity contribution in [2.24, 2.45) is 0 Å². The molecule has 12 heteroatoms. The van der Waals surface area contributed by atoms with Gasteiger partial charge in [-0.2, -0.15) is 0 Å². The number of pyridine rings is 2. The lowest BCUT2D eigenvalue weighted by Gasteiger charge is -2.22. The van der Waals surface area contributed by atoms with Gasteiger partial charge in [0.2, 0.25) is 0 Å². The molecule has 4 aromatic rings. The van der Waals surface area contributed by atoms with E-state index in [0.717, 1.165) is 59.6 Å². The zero-order valence-electron chi connectivity index (χ0n) is 34.5. The van der Waals surface area contributed by atoms with Crippen LogP contribution in [0, 0.1) is 13.8 Å². The molecule has 2 heterocycles. The first-order valence-corrected chi connectivity index (χ1v) is 22.3. The molecular formula is C44H62Br2N6O4. The second-order valence-corrected chi connectivity index (χ2v) is 13.6. The second-order valence-electron chi connectivity index (χ2n) is 13.6. The van der Waals surface area contributed by atoms with Gasteiger partial charge in [0.1, 0.15) is 11.5 Å². The minimum atomic E-state index is -0.398. The van der Waals surface area contributed by atoms with Crippen molar-refractivity contribution in [1.29, 1.82) is 0 Å². The molecule has 0 bridgehead atoms. The molecule has 2 N–H and O–H groups in total. The van der Waals surface area contributed by atoms with E-state index >= 15 is 0 Å². The third-order valence-electron chi connectivity index (χ3n) is 9.04. The van der Waals surface area contributed by atoms with Crippen LogP contribution in [-0.2, 0) is 0 Å². The summed E-state index contributed by atoms with van der Waals surface area (Å²) in [6.07, 6.45) is 12.2. The first kappa shape index (κ1) is 48.3.